The quantitative estimate of drug-likeness (QED) is 0.426. The first-order chi connectivity index (χ1) is 6.04. The number of hydrogen-bond donors (Lipinski definition) is 0. The molecule has 0 aliphatic rings. The van der Waals surface area contributed by atoms with Gasteiger partial charge in [0.25, 0.3) is 0 Å². The molecule has 13 heavy (non-hydrogen) atoms. The summed E-state index contributed by atoms with van der Waals surface area (Å²) in [5.74, 6) is 0. The van der Waals surface area contributed by atoms with Gasteiger partial charge in [0.1, 0.15) is 0 Å². The van der Waals surface area contributed by atoms with Gasteiger partial charge >= 0.3 is 84.1 Å². The van der Waals surface area contributed by atoms with Crippen LogP contribution in [0.2, 0.25) is 0 Å². The topological polar surface area (TPSA) is 23.8 Å². The molecule has 0 atom stereocenters. The van der Waals surface area contributed by atoms with Gasteiger partial charge in [-0.3, -0.25) is 0 Å². The molecular formula is C10H14NPS. The van der Waals surface area contributed by atoms with Crippen molar-refractivity contribution in [1.29, 1.82) is 5.26 Å². The Bertz CT molecular complexity index is 318. The van der Waals surface area contributed by atoms with Crippen molar-refractivity contribution in [3.05, 3.63) is 24.3 Å². The van der Waals surface area contributed by atoms with E-state index in [0.29, 0.717) is 0 Å². The molecule has 0 radical (unpaired) electrons. The van der Waals surface area contributed by atoms with Gasteiger partial charge in [0, 0.05) is 0 Å². The molecule has 1 nitrogen and oxygen atoms in total. The van der Waals surface area contributed by atoms with E-state index in [2.05, 4.69) is 37.5 Å². The van der Waals surface area contributed by atoms with Gasteiger partial charge in [-0.2, -0.15) is 0 Å². The predicted molar refractivity (Wildman–Crippen MR) is 63.6 cm³/mol. The molecule has 1 aromatic rings. The number of thiocyanates is 1. The normalized spacial score (nSPS) is 12.2. The zero-order valence-electron chi connectivity index (χ0n) is 8.16. The first-order valence-electron chi connectivity index (χ1n) is 4.20. The van der Waals surface area contributed by atoms with Crippen molar-refractivity contribution in [3.63, 3.8) is 0 Å². The molecular weight excluding hydrogens is 197 g/mol. The first kappa shape index (κ1) is 10.6. The third-order valence-electron chi connectivity index (χ3n) is 1.88. The molecule has 1 aromatic carbocycles. The molecule has 0 heterocycles. The molecule has 1 rings (SSSR count). The van der Waals surface area contributed by atoms with E-state index < -0.39 is 7.26 Å². The van der Waals surface area contributed by atoms with Crippen LogP contribution in [0.3, 0.4) is 0 Å². The summed E-state index contributed by atoms with van der Waals surface area (Å²) in [5.41, 5.74) is 0. The van der Waals surface area contributed by atoms with Crippen LogP contribution >= 0.6 is 19.0 Å². The summed E-state index contributed by atoms with van der Waals surface area (Å²) in [4.78, 5) is 1.03. The van der Waals surface area contributed by atoms with E-state index in [9.17, 15) is 0 Å². The van der Waals surface area contributed by atoms with Gasteiger partial charge in [-0.25, -0.2) is 0 Å². The van der Waals surface area contributed by atoms with Crippen molar-refractivity contribution in [3.8, 4) is 5.40 Å². The van der Waals surface area contributed by atoms with Crippen LogP contribution in [0.1, 0.15) is 0 Å². The Kier molecular flexibility index (Phi) is 3.36. The van der Waals surface area contributed by atoms with Crippen molar-refractivity contribution in [2.75, 3.05) is 20.0 Å². The van der Waals surface area contributed by atoms with Gasteiger partial charge in [0.2, 0.25) is 0 Å². The Morgan fingerprint density at radius 2 is 1.69 bits per heavy atom. The Morgan fingerprint density at radius 1 is 1.15 bits per heavy atom. The molecule has 0 aromatic heterocycles. The molecule has 3 heteroatoms. The monoisotopic (exact) mass is 211 g/mol. The van der Waals surface area contributed by atoms with E-state index in [-0.39, 0.29) is 0 Å². The van der Waals surface area contributed by atoms with Gasteiger partial charge in [-0.1, -0.05) is 0 Å². The number of nitrogens with zero attached hydrogens (tertiary/aromatic N) is 1. The number of nitriles is 1. The van der Waals surface area contributed by atoms with Crippen molar-refractivity contribution < 1.29 is 0 Å². The minimum atomic E-state index is -1.17. The standard InChI is InChI=1S/C10H14NPS/c1-12(2,3)9-4-6-10(7-5-9)13-8-11/h4-7,12H,1-3H3. The summed E-state index contributed by atoms with van der Waals surface area (Å²) >= 11 is 1.22. The van der Waals surface area contributed by atoms with E-state index in [1.807, 2.05) is 12.1 Å². The van der Waals surface area contributed by atoms with Crippen molar-refractivity contribution >= 4 is 24.3 Å². The van der Waals surface area contributed by atoms with Crippen molar-refractivity contribution in [2.45, 2.75) is 4.90 Å². The van der Waals surface area contributed by atoms with Gasteiger partial charge in [0.15, 0.2) is 0 Å². The third-order valence-corrected chi connectivity index (χ3v) is 4.55. The molecule has 0 N–H and O–H groups in total. The molecule has 0 spiro atoms. The summed E-state index contributed by atoms with van der Waals surface area (Å²) in [5, 5.41) is 12.0. The molecule has 0 aliphatic carbocycles. The van der Waals surface area contributed by atoms with E-state index >= 15 is 0 Å². The molecule has 0 unspecified atom stereocenters. The van der Waals surface area contributed by atoms with E-state index in [1.165, 1.54) is 17.1 Å². The molecule has 0 bridgehead atoms. The van der Waals surface area contributed by atoms with Crippen molar-refractivity contribution in [1.82, 2.24) is 0 Å². The SMILES string of the molecule is C[PH](C)(C)c1ccc(SC#N)cc1. The summed E-state index contributed by atoms with van der Waals surface area (Å²) < 4.78 is 0. The van der Waals surface area contributed by atoms with Crippen LogP contribution in [0.25, 0.3) is 0 Å². The van der Waals surface area contributed by atoms with Crippen LogP contribution in [-0.2, 0) is 0 Å². The third kappa shape index (κ3) is 3.03. The number of benzene rings is 1. The van der Waals surface area contributed by atoms with E-state index in [1.54, 1.807) is 0 Å². The molecule has 0 fully saturated rings. The second kappa shape index (κ2) is 4.13. The van der Waals surface area contributed by atoms with Crippen LogP contribution < -0.4 is 5.30 Å². The fraction of sp³-hybridized carbons (Fsp3) is 0.300. The average molecular weight is 211 g/mol. The molecule has 0 amide bonds. The van der Waals surface area contributed by atoms with Gasteiger partial charge in [-0.15, -0.1) is 0 Å². The summed E-state index contributed by atoms with van der Waals surface area (Å²) in [7, 11) is -1.17. The number of thioether (sulfide) groups is 1. The van der Waals surface area contributed by atoms with Crippen LogP contribution in [0.4, 0.5) is 0 Å². The Balaban J connectivity index is 2.89. The second-order valence-electron chi connectivity index (χ2n) is 3.97. The molecule has 0 aliphatic heterocycles. The van der Waals surface area contributed by atoms with Crippen LogP contribution in [-0.4, -0.2) is 20.0 Å². The van der Waals surface area contributed by atoms with Crippen molar-refractivity contribution in [2.24, 2.45) is 0 Å². The Labute approximate surface area is 84.5 Å². The Morgan fingerprint density at radius 3 is 2.08 bits per heavy atom. The number of rotatable bonds is 2. The summed E-state index contributed by atoms with van der Waals surface area (Å²) in [6.07, 6.45) is 0. The average Bonchev–Trinajstić information content (AvgIpc) is 2.04. The fourth-order valence-corrected chi connectivity index (χ4v) is 2.62. The van der Waals surface area contributed by atoms with E-state index in [4.69, 9.17) is 5.26 Å². The van der Waals surface area contributed by atoms with Gasteiger partial charge in [0.05, 0.1) is 0 Å². The van der Waals surface area contributed by atoms with Crippen LogP contribution in [0.5, 0.6) is 0 Å². The number of hydrogen-bond acceptors (Lipinski definition) is 2. The summed E-state index contributed by atoms with van der Waals surface area (Å²) in [6.45, 7) is 6.96. The molecule has 0 saturated heterocycles. The van der Waals surface area contributed by atoms with E-state index in [0.717, 1.165) is 4.90 Å². The molecule has 0 saturated carbocycles. The van der Waals surface area contributed by atoms with Gasteiger partial charge in [-0.05, 0) is 0 Å². The minimum absolute atomic E-state index is 1.03. The first-order valence-corrected chi connectivity index (χ1v) is 8.52. The second-order valence-corrected chi connectivity index (χ2v) is 9.90. The zero-order valence-corrected chi connectivity index (χ0v) is 9.98. The van der Waals surface area contributed by atoms with Crippen LogP contribution in [0, 0.1) is 10.7 Å². The maximum absolute atomic E-state index is 8.47. The van der Waals surface area contributed by atoms with Crippen LogP contribution in [0.15, 0.2) is 29.2 Å². The van der Waals surface area contributed by atoms with Gasteiger partial charge < -0.3 is 0 Å². The molecule has 70 valence electrons. The Hall–Kier alpha value is -0.510. The maximum atomic E-state index is 8.47. The fourth-order valence-electron chi connectivity index (χ4n) is 1.08. The summed E-state index contributed by atoms with van der Waals surface area (Å²) in [6, 6.07) is 8.35. The predicted octanol–water partition coefficient (Wildman–Crippen LogP) is 2.52. The zero-order chi connectivity index (χ0) is 9.90.